The topological polar surface area (TPSA) is 63.6 Å². The van der Waals surface area contributed by atoms with Crippen LogP contribution in [0.2, 0.25) is 0 Å². The molecule has 19 heavy (non-hydrogen) atoms. The lowest BCUT2D eigenvalue weighted by atomic mass is 9.82. The number of hydrogen-bond donors (Lipinski definition) is 1. The summed E-state index contributed by atoms with van der Waals surface area (Å²) in [6.07, 6.45) is 6.84. The highest BCUT2D eigenvalue weighted by Gasteiger charge is 2.31. The second kappa shape index (κ2) is 6.40. The van der Waals surface area contributed by atoms with Crippen molar-refractivity contribution < 1.29 is 19.4 Å². The molecule has 2 fully saturated rings. The Balaban J connectivity index is 1.75. The highest BCUT2D eigenvalue weighted by atomic mass is 16.5. The van der Waals surface area contributed by atoms with Gasteiger partial charge in [0.05, 0.1) is 11.8 Å². The number of carbonyl (C=O) groups is 2. The summed E-state index contributed by atoms with van der Waals surface area (Å²) in [6, 6.07) is 0. The van der Waals surface area contributed by atoms with E-state index in [4.69, 9.17) is 9.84 Å². The third kappa shape index (κ3) is 3.95. The van der Waals surface area contributed by atoms with Gasteiger partial charge in [-0.1, -0.05) is 19.8 Å². The number of carboxylic acids is 1. The van der Waals surface area contributed by atoms with Crippen LogP contribution in [0.5, 0.6) is 0 Å². The predicted molar refractivity (Wildman–Crippen MR) is 70.6 cm³/mol. The van der Waals surface area contributed by atoms with Crippen molar-refractivity contribution in [1.29, 1.82) is 0 Å². The molecule has 4 heteroatoms. The summed E-state index contributed by atoms with van der Waals surface area (Å²) in [5, 5.41) is 8.93. The molecule has 2 unspecified atom stereocenters. The maximum absolute atomic E-state index is 12.1. The average molecular weight is 268 g/mol. The van der Waals surface area contributed by atoms with Crippen LogP contribution in [0.15, 0.2) is 0 Å². The summed E-state index contributed by atoms with van der Waals surface area (Å²) in [5.41, 5.74) is 0. The highest BCUT2D eigenvalue weighted by Crippen LogP contribution is 2.32. The largest absolute Gasteiger partial charge is 0.481 e. The first-order chi connectivity index (χ1) is 9.06. The van der Waals surface area contributed by atoms with Gasteiger partial charge in [-0.25, -0.2) is 0 Å². The Kier molecular flexibility index (Phi) is 4.83. The second-order valence-corrected chi connectivity index (χ2v) is 6.22. The maximum Gasteiger partial charge on any atom is 0.309 e. The predicted octanol–water partition coefficient (Wildman–Crippen LogP) is 3.00. The minimum atomic E-state index is -0.717. The molecule has 0 amide bonds. The summed E-state index contributed by atoms with van der Waals surface area (Å²) >= 11 is 0. The van der Waals surface area contributed by atoms with Crippen LogP contribution in [-0.4, -0.2) is 23.1 Å². The van der Waals surface area contributed by atoms with E-state index in [0.717, 1.165) is 19.3 Å². The minimum Gasteiger partial charge on any atom is -0.481 e. The number of hydrogen-bond acceptors (Lipinski definition) is 3. The van der Waals surface area contributed by atoms with E-state index in [-0.39, 0.29) is 23.9 Å². The Labute approximate surface area is 114 Å². The van der Waals surface area contributed by atoms with Gasteiger partial charge in [0.15, 0.2) is 0 Å². The lowest BCUT2D eigenvalue weighted by Crippen LogP contribution is -2.31. The monoisotopic (exact) mass is 268 g/mol. The molecule has 0 bridgehead atoms. The van der Waals surface area contributed by atoms with Crippen LogP contribution in [0.3, 0.4) is 0 Å². The lowest BCUT2D eigenvalue weighted by Gasteiger charge is -2.30. The third-order valence-electron chi connectivity index (χ3n) is 4.58. The zero-order valence-corrected chi connectivity index (χ0v) is 11.6. The molecule has 2 aliphatic carbocycles. The first-order valence-electron chi connectivity index (χ1n) is 7.49. The summed E-state index contributed by atoms with van der Waals surface area (Å²) in [7, 11) is 0. The van der Waals surface area contributed by atoms with Crippen molar-refractivity contribution in [2.24, 2.45) is 17.8 Å². The van der Waals surface area contributed by atoms with Crippen molar-refractivity contribution in [3.05, 3.63) is 0 Å². The molecule has 0 spiro atoms. The Hall–Kier alpha value is -1.06. The number of ether oxygens (including phenoxy) is 1. The number of aliphatic carboxylic acids is 1. The Morgan fingerprint density at radius 3 is 2.26 bits per heavy atom. The zero-order chi connectivity index (χ0) is 13.8. The van der Waals surface area contributed by atoms with E-state index in [2.05, 4.69) is 6.92 Å². The molecule has 0 radical (unpaired) electrons. The summed E-state index contributed by atoms with van der Waals surface area (Å²) in [6.45, 7) is 2.19. The van der Waals surface area contributed by atoms with Gasteiger partial charge in [0.25, 0.3) is 0 Å². The van der Waals surface area contributed by atoms with Crippen molar-refractivity contribution in [2.45, 2.75) is 64.4 Å². The molecule has 0 heterocycles. The van der Waals surface area contributed by atoms with E-state index in [9.17, 15) is 9.59 Å². The quantitative estimate of drug-likeness (QED) is 0.799. The molecule has 0 aliphatic heterocycles. The van der Waals surface area contributed by atoms with Crippen LogP contribution in [0.25, 0.3) is 0 Å². The molecule has 0 saturated heterocycles. The minimum absolute atomic E-state index is 0.0506. The number of carboxylic acid groups (broad SMARTS) is 1. The van der Waals surface area contributed by atoms with Crippen LogP contribution in [0.4, 0.5) is 0 Å². The first-order valence-corrected chi connectivity index (χ1v) is 7.49. The van der Waals surface area contributed by atoms with E-state index in [1.807, 2.05) is 0 Å². The summed E-state index contributed by atoms with van der Waals surface area (Å²) in [4.78, 5) is 22.9. The van der Waals surface area contributed by atoms with Gasteiger partial charge in [-0.3, -0.25) is 9.59 Å². The van der Waals surface area contributed by atoms with Gasteiger partial charge in [0.2, 0.25) is 0 Å². The SMILES string of the molecule is CC1CCCC(C(=O)OC2CCC(C(=O)O)CC2)C1. The van der Waals surface area contributed by atoms with E-state index in [0.29, 0.717) is 31.6 Å². The maximum atomic E-state index is 12.1. The Morgan fingerprint density at radius 2 is 1.68 bits per heavy atom. The van der Waals surface area contributed by atoms with E-state index in [1.165, 1.54) is 6.42 Å². The molecule has 2 aliphatic rings. The van der Waals surface area contributed by atoms with Gasteiger partial charge in [-0.05, 0) is 44.4 Å². The van der Waals surface area contributed by atoms with Crippen LogP contribution in [0, 0.1) is 17.8 Å². The van der Waals surface area contributed by atoms with Crippen LogP contribution >= 0.6 is 0 Å². The average Bonchev–Trinajstić information content (AvgIpc) is 2.39. The normalized spacial score (nSPS) is 35.6. The fourth-order valence-electron chi connectivity index (χ4n) is 3.34. The second-order valence-electron chi connectivity index (χ2n) is 6.22. The van der Waals surface area contributed by atoms with Gasteiger partial charge in [0.1, 0.15) is 6.10 Å². The number of carbonyl (C=O) groups excluding carboxylic acids is 1. The molecular weight excluding hydrogens is 244 g/mol. The van der Waals surface area contributed by atoms with Crippen molar-refractivity contribution in [3.63, 3.8) is 0 Å². The van der Waals surface area contributed by atoms with E-state index in [1.54, 1.807) is 0 Å². The van der Waals surface area contributed by atoms with E-state index >= 15 is 0 Å². The summed E-state index contributed by atoms with van der Waals surface area (Å²) < 4.78 is 5.58. The van der Waals surface area contributed by atoms with E-state index < -0.39 is 5.97 Å². The molecule has 1 N–H and O–H groups in total. The van der Waals surface area contributed by atoms with Crippen LogP contribution in [0.1, 0.15) is 58.3 Å². The fourth-order valence-corrected chi connectivity index (χ4v) is 3.34. The van der Waals surface area contributed by atoms with Gasteiger partial charge in [-0.15, -0.1) is 0 Å². The zero-order valence-electron chi connectivity index (χ0n) is 11.6. The van der Waals surface area contributed by atoms with Crippen molar-refractivity contribution in [3.8, 4) is 0 Å². The van der Waals surface area contributed by atoms with Gasteiger partial charge in [-0.2, -0.15) is 0 Å². The molecule has 2 rings (SSSR count). The number of esters is 1. The fraction of sp³-hybridized carbons (Fsp3) is 0.867. The van der Waals surface area contributed by atoms with Gasteiger partial charge in [0, 0.05) is 0 Å². The molecule has 0 aromatic rings. The standard InChI is InChI=1S/C15H24O4/c1-10-3-2-4-12(9-10)15(18)19-13-7-5-11(6-8-13)14(16)17/h10-13H,2-9H2,1H3,(H,16,17). The number of rotatable bonds is 3. The Bertz CT molecular complexity index is 331. The van der Waals surface area contributed by atoms with Crippen molar-refractivity contribution in [2.75, 3.05) is 0 Å². The van der Waals surface area contributed by atoms with Crippen molar-refractivity contribution >= 4 is 11.9 Å². The molecule has 108 valence electrons. The highest BCUT2D eigenvalue weighted by molar-refractivity contribution is 5.73. The molecule has 0 aromatic heterocycles. The molecule has 0 aromatic carbocycles. The smallest absolute Gasteiger partial charge is 0.309 e. The summed E-state index contributed by atoms with van der Waals surface area (Å²) in [5.74, 6) is -0.323. The van der Waals surface area contributed by atoms with Crippen LogP contribution in [-0.2, 0) is 14.3 Å². The Morgan fingerprint density at radius 1 is 1.00 bits per heavy atom. The van der Waals surface area contributed by atoms with Crippen LogP contribution < -0.4 is 0 Å². The first kappa shape index (κ1) is 14.4. The van der Waals surface area contributed by atoms with Gasteiger partial charge < -0.3 is 9.84 Å². The van der Waals surface area contributed by atoms with Crippen molar-refractivity contribution in [1.82, 2.24) is 0 Å². The third-order valence-corrected chi connectivity index (χ3v) is 4.58. The molecular formula is C15H24O4. The van der Waals surface area contributed by atoms with Gasteiger partial charge >= 0.3 is 11.9 Å². The lowest BCUT2D eigenvalue weighted by molar-refractivity contribution is -0.158. The molecule has 2 saturated carbocycles. The molecule has 4 nitrogen and oxygen atoms in total. The molecule has 2 atom stereocenters.